The van der Waals surface area contributed by atoms with Crippen molar-refractivity contribution >= 4 is 15.9 Å². The minimum atomic E-state index is -0.940. The molecule has 0 aliphatic rings. The van der Waals surface area contributed by atoms with Crippen LogP contribution in [0.1, 0.15) is 17.2 Å². The van der Waals surface area contributed by atoms with Gasteiger partial charge in [-0.1, -0.05) is 22.0 Å². The molecule has 0 saturated carbocycles. The molecule has 0 radical (unpaired) electrons. The van der Waals surface area contributed by atoms with Gasteiger partial charge in [-0.25, -0.2) is 13.2 Å². The van der Waals surface area contributed by atoms with Gasteiger partial charge in [-0.2, -0.15) is 0 Å². The Labute approximate surface area is 117 Å². The molecule has 1 unspecified atom stereocenters. The van der Waals surface area contributed by atoms with Gasteiger partial charge in [0.2, 0.25) is 0 Å². The second-order valence-corrected chi connectivity index (χ2v) is 5.10. The predicted molar refractivity (Wildman–Crippen MR) is 71.1 cm³/mol. The van der Waals surface area contributed by atoms with E-state index in [1.165, 1.54) is 12.1 Å². The van der Waals surface area contributed by atoms with Gasteiger partial charge >= 0.3 is 0 Å². The molecule has 0 aliphatic carbocycles. The highest BCUT2D eigenvalue weighted by molar-refractivity contribution is 9.10. The topological polar surface area (TPSA) is 26.0 Å². The number of hydrogen-bond acceptors (Lipinski definition) is 1. The molecule has 1 atom stereocenters. The summed E-state index contributed by atoms with van der Waals surface area (Å²) in [6, 6.07) is 6.97. The quantitative estimate of drug-likeness (QED) is 0.901. The third-order valence-electron chi connectivity index (χ3n) is 2.82. The van der Waals surface area contributed by atoms with E-state index in [0.29, 0.717) is 10.0 Å². The Morgan fingerprint density at radius 1 is 1.00 bits per heavy atom. The highest BCUT2D eigenvalue weighted by Crippen LogP contribution is 2.24. The first-order valence-corrected chi connectivity index (χ1v) is 6.41. The molecule has 2 aromatic rings. The van der Waals surface area contributed by atoms with Crippen molar-refractivity contribution in [1.82, 2.24) is 0 Å². The Kier molecular flexibility index (Phi) is 4.27. The van der Waals surface area contributed by atoms with E-state index in [0.717, 1.165) is 12.1 Å². The van der Waals surface area contributed by atoms with Crippen molar-refractivity contribution in [1.29, 1.82) is 0 Å². The minimum Gasteiger partial charge on any atom is -0.323 e. The average molecular weight is 330 g/mol. The summed E-state index contributed by atoms with van der Waals surface area (Å²) in [5.74, 6) is -1.89. The molecule has 0 fully saturated rings. The van der Waals surface area contributed by atoms with Gasteiger partial charge in [-0.3, -0.25) is 0 Å². The lowest BCUT2D eigenvalue weighted by Crippen LogP contribution is -2.17. The van der Waals surface area contributed by atoms with Gasteiger partial charge in [0.1, 0.15) is 17.5 Å². The van der Waals surface area contributed by atoms with Crippen LogP contribution < -0.4 is 5.73 Å². The van der Waals surface area contributed by atoms with E-state index in [4.69, 9.17) is 5.73 Å². The standard InChI is InChI=1S/C14H11BrF3N/c15-9-4-5-10(16)8(6-9)7-13(19)14-11(17)2-1-3-12(14)18/h1-6,13H,7,19H2. The van der Waals surface area contributed by atoms with E-state index in [9.17, 15) is 13.2 Å². The molecule has 0 aliphatic heterocycles. The predicted octanol–water partition coefficient (Wildman–Crippen LogP) is 4.11. The highest BCUT2D eigenvalue weighted by Gasteiger charge is 2.18. The zero-order chi connectivity index (χ0) is 14.0. The molecule has 0 heterocycles. The number of benzene rings is 2. The third-order valence-corrected chi connectivity index (χ3v) is 3.31. The zero-order valence-electron chi connectivity index (χ0n) is 9.84. The van der Waals surface area contributed by atoms with Crippen molar-refractivity contribution in [3.8, 4) is 0 Å². The Balaban J connectivity index is 2.31. The average Bonchev–Trinajstić information content (AvgIpc) is 2.33. The van der Waals surface area contributed by atoms with Gasteiger partial charge in [-0.05, 0) is 42.3 Å². The maximum Gasteiger partial charge on any atom is 0.130 e. The first-order chi connectivity index (χ1) is 8.99. The van der Waals surface area contributed by atoms with Gasteiger partial charge in [0.05, 0.1) is 0 Å². The van der Waals surface area contributed by atoms with Crippen LogP contribution in [-0.4, -0.2) is 0 Å². The molecule has 0 spiro atoms. The van der Waals surface area contributed by atoms with E-state index in [1.54, 1.807) is 12.1 Å². The van der Waals surface area contributed by atoms with Crippen molar-refractivity contribution in [2.24, 2.45) is 5.73 Å². The summed E-state index contributed by atoms with van der Waals surface area (Å²) < 4.78 is 41.4. The number of hydrogen-bond donors (Lipinski definition) is 1. The normalized spacial score (nSPS) is 12.5. The molecule has 2 aromatic carbocycles. The Bertz CT molecular complexity index is 581. The molecular formula is C14H11BrF3N. The molecule has 2 rings (SSSR count). The summed E-state index contributed by atoms with van der Waals surface area (Å²) in [6.07, 6.45) is 0.0170. The van der Waals surface area contributed by atoms with Crippen LogP contribution in [0, 0.1) is 17.5 Å². The second-order valence-electron chi connectivity index (χ2n) is 4.18. The van der Waals surface area contributed by atoms with E-state index < -0.39 is 23.5 Å². The Morgan fingerprint density at radius 3 is 2.26 bits per heavy atom. The smallest absolute Gasteiger partial charge is 0.130 e. The Morgan fingerprint density at radius 2 is 1.63 bits per heavy atom. The first-order valence-electron chi connectivity index (χ1n) is 5.62. The largest absolute Gasteiger partial charge is 0.323 e. The van der Waals surface area contributed by atoms with Gasteiger partial charge in [0.25, 0.3) is 0 Å². The van der Waals surface area contributed by atoms with E-state index >= 15 is 0 Å². The fourth-order valence-corrected chi connectivity index (χ4v) is 2.31. The molecule has 0 amide bonds. The first kappa shape index (κ1) is 14.1. The van der Waals surface area contributed by atoms with Crippen molar-refractivity contribution in [3.05, 3.63) is 69.4 Å². The zero-order valence-corrected chi connectivity index (χ0v) is 11.4. The van der Waals surface area contributed by atoms with Crippen molar-refractivity contribution in [3.63, 3.8) is 0 Å². The van der Waals surface area contributed by atoms with Gasteiger partial charge in [-0.15, -0.1) is 0 Å². The number of nitrogens with two attached hydrogens (primary N) is 1. The lowest BCUT2D eigenvalue weighted by atomic mass is 9.98. The van der Waals surface area contributed by atoms with E-state index in [1.807, 2.05) is 0 Å². The maximum atomic E-state index is 13.6. The molecule has 0 saturated heterocycles. The van der Waals surface area contributed by atoms with Gasteiger partial charge in [0.15, 0.2) is 0 Å². The molecule has 1 nitrogen and oxygen atoms in total. The fraction of sp³-hybridized carbons (Fsp3) is 0.143. The minimum absolute atomic E-state index is 0.0170. The lowest BCUT2D eigenvalue weighted by Gasteiger charge is -2.14. The summed E-state index contributed by atoms with van der Waals surface area (Å²) in [7, 11) is 0. The summed E-state index contributed by atoms with van der Waals surface area (Å²) >= 11 is 3.22. The van der Waals surface area contributed by atoms with Crippen LogP contribution in [0.4, 0.5) is 13.2 Å². The summed E-state index contributed by atoms with van der Waals surface area (Å²) in [4.78, 5) is 0. The maximum absolute atomic E-state index is 13.6. The number of rotatable bonds is 3. The van der Waals surface area contributed by atoms with Crippen LogP contribution >= 0.6 is 15.9 Å². The van der Waals surface area contributed by atoms with Crippen LogP contribution in [0.15, 0.2) is 40.9 Å². The van der Waals surface area contributed by atoms with Gasteiger partial charge < -0.3 is 5.73 Å². The SMILES string of the molecule is NC(Cc1cc(Br)ccc1F)c1c(F)cccc1F. The molecule has 19 heavy (non-hydrogen) atoms. The monoisotopic (exact) mass is 329 g/mol. The second kappa shape index (κ2) is 5.75. The number of halogens is 4. The van der Waals surface area contributed by atoms with Crippen LogP contribution in [0.5, 0.6) is 0 Å². The molecule has 0 bridgehead atoms. The summed E-state index contributed by atoms with van der Waals surface area (Å²) in [6.45, 7) is 0. The van der Waals surface area contributed by atoms with Crippen LogP contribution in [-0.2, 0) is 6.42 Å². The van der Waals surface area contributed by atoms with E-state index in [2.05, 4.69) is 15.9 Å². The lowest BCUT2D eigenvalue weighted by molar-refractivity contribution is 0.518. The Hall–Kier alpha value is -1.33. The van der Waals surface area contributed by atoms with Crippen molar-refractivity contribution in [2.75, 3.05) is 0 Å². The fourth-order valence-electron chi connectivity index (χ4n) is 1.90. The molecule has 2 N–H and O–H groups in total. The van der Waals surface area contributed by atoms with Crippen LogP contribution in [0.2, 0.25) is 0 Å². The van der Waals surface area contributed by atoms with Crippen molar-refractivity contribution in [2.45, 2.75) is 12.5 Å². The molecule has 5 heteroatoms. The third kappa shape index (κ3) is 3.16. The molecule has 100 valence electrons. The molecular weight excluding hydrogens is 319 g/mol. The van der Waals surface area contributed by atoms with Crippen LogP contribution in [0.3, 0.4) is 0 Å². The summed E-state index contributed by atoms with van der Waals surface area (Å²) in [5.41, 5.74) is 5.87. The van der Waals surface area contributed by atoms with Crippen molar-refractivity contribution < 1.29 is 13.2 Å². The highest BCUT2D eigenvalue weighted by atomic mass is 79.9. The van der Waals surface area contributed by atoms with Crippen LogP contribution in [0.25, 0.3) is 0 Å². The summed E-state index contributed by atoms with van der Waals surface area (Å²) in [5, 5.41) is 0. The van der Waals surface area contributed by atoms with E-state index in [-0.39, 0.29) is 12.0 Å². The molecule has 0 aromatic heterocycles. The van der Waals surface area contributed by atoms with Gasteiger partial charge in [0, 0.05) is 16.1 Å².